The summed E-state index contributed by atoms with van der Waals surface area (Å²) >= 11 is 0. The van der Waals surface area contributed by atoms with Gasteiger partial charge in [0.1, 0.15) is 0 Å². The molecule has 9 heteroatoms. The number of benzene rings is 2. The number of ketones is 2. The zero-order valence-electron chi connectivity index (χ0n) is 24.4. The molecule has 2 fully saturated rings. The fourth-order valence-electron chi connectivity index (χ4n) is 7.97. The van der Waals surface area contributed by atoms with Crippen molar-refractivity contribution < 1.29 is 38.9 Å². The topological polar surface area (TPSA) is 138 Å². The number of hydrogen-bond donors (Lipinski definition) is 2. The van der Waals surface area contributed by atoms with Crippen molar-refractivity contribution >= 4 is 35.0 Å². The van der Waals surface area contributed by atoms with Gasteiger partial charge in [-0.2, -0.15) is 0 Å². The highest BCUT2D eigenvalue weighted by molar-refractivity contribution is 6.23. The number of carbonyl (C=O) groups is 5. The van der Waals surface area contributed by atoms with Crippen molar-refractivity contribution in [2.75, 3.05) is 11.5 Å². The Morgan fingerprint density at radius 3 is 2.47 bits per heavy atom. The minimum atomic E-state index is -1.17. The van der Waals surface area contributed by atoms with Crippen LogP contribution < -0.4 is 9.64 Å². The van der Waals surface area contributed by atoms with Crippen molar-refractivity contribution in [2.45, 2.75) is 46.5 Å². The number of nitrogens with zero attached hydrogens (tertiary/aromatic N) is 1. The lowest BCUT2D eigenvalue weighted by atomic mass is 9.46. The summed E-state index contributed by atoms with van der Waals surface area (Å²) in [4.78, 5) is 68.6. The SMILES string of the molecule is CCOc1cc([C@H]2C3=CC[C@@H]4C(=O)N(c5cccc(C(=O)O)c5)C(=O)[C@@H]4[C@@H]3C[C@H]3C(=O)C(C)=C(C)C(=O)[C@@]23C)ccc1O. The Balaban J connectivity index is 1.50. The highest BCUT2D eigenvalue weighted by Crippen LogP contribution is 2.63. The Hall–Kier alpha value is -4.53. The standard InChI is InChI=1S/C34H33NO8/c1-5-43-26-14-18(9-12-25(26)36)28-21-10-11-22-27(23(21)15-24-29(37)16(2)17(3)30(38)34(24,28)4)32(40)35(31(22)39)20-8-6-7-19(13-20)33(41)42/h6-10,12-14,22-24,27-28,36H,5,11,15H2,1-4H3,(H,41,42)/t22-,23+,24-,27-,28-,34+/m0/s1. The zero-order valence-corrected chi connectivity index (χ0v) is 24.4. The second-order valence-electron chi connectivity index (χ2n) is 12.2. The second kappa shape index (κ2) is 10.0. The van der Waals surface area contributed by atoms with Crippen LogP contribution in [0.4, 0.5) is 5.69 Å². The van der Waals surface area contributed by atoms with E-state index < -0.39 is 52.8 Å². The lowest BCUT2D eigenvalue weighted by Crippen LogP contribution is -2.55. The molecule has 6 atom stereocenters. The number of carboxylic acid groups (broad SMARTS) is 1. The van der Waals surface area contributed by atoms with Crippen LogP contribution in [-0.4, -0.2) is 46.2 Å². The van der Waals surface area contributed by atoms with Crippen molar-refractivity contribution in [3.8, 4) is 11.5 Å². The summed E-state index contributed by atoms with van der Waals surface area (Å²) in [6.07, 6.45) is 2.44. The Labute approximate surface area is 248 Å². The van der Waals surface area contributed by atoms with Gasteiger partial charge < -0.3 is 14.9 Å². The molecule has 0 bridgehead atoms. The smallest absolute Gasteiger partial charge is 0.335 e. The number of allylic oxidation sites excluding steroid dienone is 4. The lowest BCUT2D eigenvalue weighted by Gasteiger charge is -2.54. The zero-order chi connectivity index (χ0) is 31.0. The van der Waals surface area contributed by atoms with Gasteiger partial charge in [-0.3, -0.25) is 24.1 Å². The number of rotatable bonds is 5. The number of fused-ring (bicyclic) bond motifs is 4. The highest BCUT2D eigenvalue weighted by Gasteiger charge is 2.64. The van der Waals surface area contributed by atoms with E-state index in [9.17, 15) is 34.2 Å². The Morgan fingerprint density at radius 2 is 1.77 bits per heavy atom. The van der Waals surface area contributed by atoms with Crippen molar-refractivity contribution in [1.29, 1.82) is 0 Å². The van der Waals surface area contributed by atoms with Gasteiger partial charge in [0.2, 0.25) is 11.8 Å². The van der Waals surface area contributed by atoms with Gasteiger partial charge in [-0.05, 0) is 86.6 Å². The maximum atomic E-state index is 14.1. The van der Waals surface area contributed by atoms with Gasteiger partial charge in [0.05, 0.1) is 35.1 Å². The lowest BCUT2D eigenvalue weighted by molar-refractivity contribution is -0.142. The molecule has 4 aliphatic rings. The molecule has 43 heavy (non-hydrogen) atoms. The quantitative estimate of drug-likeness (QED) is 0.377. The van der Waals surface area contributed by atoms with E-state index in [1.807, 2.05) is 13.0 Å². The van der Waals surface area contributed by atoms with Gasteiger partial charge in [0, 0.05) is 11.8 Å². The average Bonchev–Trinajstić information content (AvgIpc) is 3.25. The van der Waals surface area contributed by atoms with Crippen LogP contribution in [0.2, 0.25) is 0 Å². The molecule has 0 radical (unpaired) electrons. The van der Waals surface area contributed by atoms with Crippen molar-refractivity contribution in [1.82, 2.24) is 0 Å². The number of carbonyl (C=O) groups excluding carboxylic acids is 4. The van der Waals surface area contributed by atoms with Crippen molar-refractivity contribution in [3.05, 3.63) is 76.4 Å². The summed E-state index contributed by atoms with van der Waals surface area (Å²) in [6.45, 7) is 7.26. The van der Waals surface area contributed by atoms with Gasteiger partial charge in [0.15, 0.2) is 23.1 Å². The predicted molar refractivity (Wildman–Crippen MR) is 156 cm³/mol. The maximum Gasteiger partial charge on any atom is 0.335 e. The average molecular weight is 584 g/mol. The molecule has 0 aromatic heterocycles. The number of phenolic OH excluding ortho intramolecular Hbond substituents is 1. The number of aromatic hydroxyl groups is 1. The number of carboxylic acids is 1. The van der Waals surface area contributed by atoms with Crippen LogP contribution in [0.25, 0.3) is 0 Å². The van der Waals surface area contributed by atoms with Gasteiger partial charge in [-0.1, -0.05) is 30.7 Å². The van der Waals surface area contributed by atoms with Crippen molar-refractivity contribution in [2.24, 2.45) is 29.1 Å². The largest absolute Gasteiger partial charge is 0.504 e. The molecule has 2 aromatic carbocycles. The van der Waals surface area contributed by atoms with E-state index in [0.717, 1.165) is 10.5 Å². The van der Waals surface area contributed by atoms with E-state index >= 15 is 0 Å². The van der Waals surface area contributed by atoms with E-state index in [1.54, 1.807) is 39.0 Å². The Kier molecular flexibility index (Phi) is 6.67. The molecule has 1 saturated carbocycles. The summed E-state index contributed by atoms with van der Waals surface area (Å²) in [5.74, 6) is -5.36. The molecular formula is C34H33NO8. The normalized spacial score (nSPS) is 30.1. The molecule has 0 unspecified atom stereocenters. The predicted octanol–water partition coefficient (Wildman–Crippen LogP) is 4.84. The van der Waals surface area contributed by atoms with Crippen LogP contribution in [0.15, 0.2) is 65.3 Å². The summed E-state index contributed by atoms with van der Waals surface area (Å²) in [7, 11) is 0. The maximum absolute atomic E-state index is 14.1. The van der Waals surface area contributed by atoms with Crippen LogP contribution in [0.5, 0.6) is 11.5 Å². The van der Waals surface area contributed by atoms with Gasteiger partial charge in [-0.15, -0.1) is 0 Å². The van der Waals surface area contributed by atoms with E-state index in [1.165, 1.54) is 24.3 Å². The number of anilines is 1. The Bertz CT molecular complexity index is 1680. The summed E-state index contributed by atoms with van der Waals surface area (Å²) < 4.78 is 5.67. The molecule has 1 saturated heterocycles. The number of ether oxygens (including phenoxy) is 1. The van der Waals surface area contributed by atoms with Crippen molar-refractivity contribution in [3.63, 3.8) is 0 Å². The molecule has 0 spiro atoms. The number of aromatic carboxylic acids is 1. The first kappa shape index (κ1) is 28.6. The Morgan fingerprint density at radius 1 is 1.02 bits per heavy atom. The monoisotopic (exact) mass is 583 g/mol. The van der Waals surface area contributed by atoms with Crippen LogP contribution in [0.3, 0.4) is 0 Å². The van der Waals surface area contributed by atoms with Crippen LogP contribution in [0, 0.1) is 29.1 Å². The summed E-state index contributed by atoms with van der Waals surface area (Å²) in [5, 5.41) is 19.9. The fraction of sp³-hybridized carbons (Fsp3) is 0.382. The molecule has 6 rings (SSSR count). The molecule has 9 nitrogen and oxygen atoms in total. The minimum Gasteiger partial charge on any atom is -0.504 e. The first-order valence-corrected chi connectivity index (χ1v) is 14.5. The van der Waals surface area contributed by atoms with Gasteiger partial charge in [0.25, 0.3) is 0 Å². The fourth-order valence-corrected chi connectivity index (χ4v) is 7.97. The van der Waals surface area contributed by atoms with E-state index in [4.69, 9.17) is 4.74 Å². The molecule has 1 aliphatic heterocycles. The van der Waals surface area contributed by atoms with E-state index in [-0.39, 0.29) is 47.2 Å². The summed E-state index contributed by atoms with van der Waals surface area (Å²) in [5.41, 5.74) is 1.33. The molecule has 3 aliphatic carbocycles. The van der Waals surface area contributed by atoms with E-state index in [0.29, 0.717) is 23.3 Å². The van der Waals surface area contributed by atoms with Gasteiger partial charge in [-0.25, -0.2) is 4.79 Å². The van der Waals surface area contributed by atoms with Crippen LogP contribution >= 0.6 is 0 Å². The molecular weight excluding hydrogens is 550 g/mol. The molecule has 222 valence electrons. The number of imide groups is 1. The van der Waals surface area contributed by atoms with Crippen LogP contribution in [-0.2, 0) is 19.2 Å². The third kappa shape index (κ3) is 4.01. The van der Waals surface area contributed by atoms with E-state index in [2.05, 4.69) is 0 Å². The molecule has 2 amide bonds. The number of phenols is 1. The molecule has 2 N–H and O–H groups in total. The minimum absolute atomic E-state index is 0.0401. The first-order valence-electron chi connectivity index (χ1n) is 14.5. The highest BCUT2D eigenvalue weighted by atomic mass is 16.5. The molecule has 1 heterocycles. The number of hydrogen-bond acceptors (Lipinski definition) is 7. The summed E-state index contributed by atoms with van der Waals surface area (Å²) in [6, 6.07) is 10.7. The number of Topliss-reactive ketones (excluding diaryl/α,β-unsaturated/α-hetero) is 2. The third-order valence-electron chi connectivity index (χ3n) is 10.1. The first-order chi connectivity index (χ1) is 20.4. The number of amides is 2. The second-order valence-corrected chi connectivity index (χ2v) is 12.2. The van der Waals surface area contributed by atoms with Crippen LogP contribution in [0.1, 0.15) is 62.4 Å². The third-order valence-corrected chi connectivity index (χ3v) is 10.1. The van der Waals surface area contributed by atoms with Gasteiger partial charge >= 0.3 is 5.97 Å². The molecule has 2 aromatic rings.